The van der Waals surface area contributed by atoms with Crippen LogP contribution in [0.5, 0.6) is 0 Å². The van der Waals surface area contributed by atoms with E-state index in [2.05, 4.69) is 13.2 Å². The molecular weight excluding hydrogens is 221 g/mol. The molecule has 0 heterocycles. The smallest absolute Gasteiger partial charge is 0.750 e. The molecule has 0 bridgehead atoms. The summed E-state index contributed by atoms with van der Waals surface area (Å²) in [6.45, 7) is 6.08. The number of rotatable bonds is 1. The first kappa shape index (κ1) is 23.4. The van der Waals surface area contributed by atoms with Crippen LogP contribution >= 0.6 is 0 Å². The summed E-state index contributed by atoms with van der Waals surface area (Å²) < 4.78 is 24.1. The SMILES string of the molecule is C=CC#N.C=CC(=O)O.O=S([O-])O.[Na+]. The van der Waals surface area contributed by atoms with Gasteiger partial charge in [0.1, 0.15) is 0 Å². The molecule has 0 aliphatic carbocycles. The number of carbonyl (C=O) groups is 1. The van der Waals surface area contributed by atoms with Crippen LogP contribution in [0.25, 0.3) is 0 Å². The number of hydrogen-bond acceptors (Lipinski definition) is 4. The number of nitriles is 1. The molecule has 0 radical (unpaired) electrons. The van der Waals surface area contributed by atoms with Crippen LogP contribution in [0.2, 0.25) is 0 Å². The average molecular weight is 229 g/mol. The summed E-state index contributed by atoms with van der Waals surface area (Å²) in [5, 5.41) is 15.1. The molecule has 0 fully saturated rings. The van der Waals surface area contributed by atoms with Gasteiger partial charge >= 0.3 is 35.5 Å². The molecule has 1 atom stereocenters. The van der Waals surface area contributed by atoms with Gasteiger partial charge in [0.15, 0.2) is 0 Å². The van der Waals surface area contributed by atoms with Gasteiger partial charge in [-0.3, -0.25) is 0 Å². The Kier molecular flexibility index (Phi) is 38.2. The topological polar surface area (TPSA) is 121 Å². The Morgan fingerprint density at radius 1 is 1.57 bits per heavy atom. The average Bonchev–Trinajstić information content (AvgIpc) is 2.04. The van der Waals surface area contributed by atoms with E-state index in [1.165, 1.54) is 6.08 Å². The second-order valence-corrected chi connectivity index (χ2v) is 1.53. The maximum absolute atomic E-state index is 9.25. The largest absolute Gasteiger partial charge is 1.00 e. The van der Waals surface area contributed by atoms with Crippen molar-refractivity contribution >= 4 is 17.3 Å². The first-order valence-corrected chi connectivity index (χ1v) is 3.59. The van der Waals surface area contributed by atoms with Crippen LogP contribution in [-0.4, -0.2) is 24.4 Å². The molecule has 14 heavy (non-hydrogen) atoms. The molecule has 0 amide bonds. The quantitative estimate of drug-likeness (QED) is 0.218. The summed E-state index contributed by atoms with van der Waals surface area (Å²) in [5.74, 6) is -0.981. The molecule has 8 heteroatoms. The molecular formula is C6H8NNaO5S. The van der Waals surface area contributed by atoms with E-state index in [0.29, 0.717) is 0 Å². The minimum atomic E-state index is -2.86. The number of nitrogens with zero attached hydrogens (tertiary/aromatic N) is 1. The summed E-state index contributed by atoms with van der Waals surface area (Å²) >= 11 is -2.86. The van der Waals surface area contributed by atoms with Crippen LogP contribution in [0, 0.1) is 11.3 Å². The van der Waals surface area contributed by atoms with Gasteiger partial charge in [0, 0.05) is 12.2 Å². The molecule has 1 unspecified atom stereocenters. The molecule has 0 aromatic heterocycles. The summed E-state index contributed by atoms with van der Waals surface area (Å²) in [7, 11) is 0. The van der Waals surface area contributed by atoms with E-state index < -0.39 is 17.3 Å². The van der Waals surface area contributed by atoms with Crippen molar-refractivity contribution in [3.05, 3.63) is 25.3 Å². The minimum absolute atomic E-state index is 0. The molecule has 0 rings (SSSR count). The number of hydrogen-bond donors (Lipinski definition) is 2. The number of aliphatic carboxylic acids is 1. The van der Waals surface area contributed by atoms with Crippen LogP contribution in [0.3, 0.4) is 0 Å². The second-order valence-electron chi connectivity index (χ2n) is 1.09. The number of allylic oxidation sites excluding steroid dienone is 1. The zero-order valence-corrected chi connectivity index (χ0v) is 10.4. The molecule has 2 N–H and O–H groups in total. The van der Waals surface area contributed by atoms with Gasteiger partial charge < -0.3 is 14.2 Å². The molecule has 6 nitrogen and oxygen atoms in total. The fourth-order valence-electron chi connectivity index (χ4n) is 0. The van der Waals surface area contributed by atoms with Crippen molar-refractivity contribution in [1.82, 2.24) is 0 Å². The van der Waals surface area contributed by atoms with Crippen LogP contribution < -0.4 is 29.6 Å². The van der Waals surface area contributed by atoms with Gasteiger partial charge in [0.2, 0.25) is 0 Å². The van der Waals surface area contributed by atoms with Gasteiger partial charge in [0.05, 0.1) is 17.4 Å². The Morgan fingerprint density at radius 2 is 1.71 bits per heavy atom. The zero-order chi connectivity index (χ0) is 11.3. The second kappa shape index (κ2) is 22.9. The first-order chi connectivity index (χ1) is 5.92. The molecule has 0 saturated carbocycles. The van der Waals surface area contributed by atoms with E-state index >= 15 is 0 Å². The van der Waals surface area contributed by atoms with Crippen molar-refractivity contribution in [2.45, 2.75) is 0 Å². The summed E-state index contributed by atoms with van der Waals surface area (Å²) in [5.41, 5.74) is 0. The van der Waals surface area contributed by atoms with E-state index in [0.717, 1.165) is 6.08 Å². The Hall–Kier alpha value is -0.490. The fourth-order valence-corrected chi connectivity index (χ4v) is 0. The van der Waals surface area contributed by atoms with Crippen molar-refractivity contribution in [3.63, 3.8) is 0 Å². The van der Waals surface area contributed by atoms with Gasteiger partial charge in [0.25, 0.3) is 0 Å². The van der Waals surface area contributed by atoms with Gasteiger partial charge in [-0.2, -0.15) is 5.26 Å². The van der Waals surface area contributed by atoms with Gasteiger partial charge in [-0.1, -0.05) is 13.2 Å². The van der Waals surface area contributed by atoms with Gasteiger partial charge in [-0.15, -0.1) is 0 Å². The fraction of sp³-hybridized carbons (Fsp3) is 0. The van der Waals surface area contributed by atoms with Crippen LogP contribution in [-0.2, 0) is 16.2 Å². The Labute approximate surface area is 106 Å². The Bertz CT molecular complexity index is 221. The molecule has 0 aliphatic rings. The third-order valence-corrected chi connectivity index (χ3v) is 0.266. The van der Waals surface area contributed by atoms with Crippen molar-refractivity contribution in [3.8, 4) is 6.07 Å². The van der Waals surface area contributed by atoms with E-state index in [1.54, 1.807) is 6.07 Å². The van der Waals surface area contributed by atoms with Crippen molar-refractivity contribution in [2.24, 2.45) is 0 Å². The molecule has 0 aromatic rings. The molecule has 0 saturated heterocycles. The number of carboxylic acid groups (broad SMARTS) is 1. The maximum atomic E-state index is 9.25. The Morgan fingerprint density at radius 3 is 1.71 bits per heavy atom. The third-order valence-electron chi connectivity index (χ3n) is 0.266. The normalized spacial score (nSPS) is 7.79. The molecule has 0 aromatic carbocycles. The molecule has 74 valence electrons. The predicted octanol–water partition coefficient (Wildman–Crippen LogP) is -2.70. The molecule has 0 spiro atoms. The summed E-state index contributed by atoms with van der Waals surface area (Å²) in [6, 6.07) is 1.69. The van der Waals surface area contributed by atoms with Crippen LogP contribution in [0.1, 0.15) is 0 Å². The van der Waals surface area contributed by atoms with Crippen LogP contribution in [0.15, 0.2) is 25.3 Å². The third kappa shape index (κ3) is 202. The van der Waals surface area contributed by atoms with E-state index in [4.69, 9.17) is 23.7 Å². The van der Waals surface area contributed by atoms with Crippen molar-refractivity contribution < 1.29 is 52.8 Å². The van der Waals surface area contributed by atoms with Crippen molar-refractivity contribution in [2.75, 3.05) is 0 Å². The first-order valence-electron chi connectivity index (χ1n) is 2.56. The standard InChI is InChI=1S/C3H3N.C3H4O2.Na.H2O3S/c1-2-3-4;1-2-3(4)5;;1-4(2)3/h2H,1H2;2H,1H2,(H,4,5);;(H2,1,2,3)/q;;+1;/p-1. The van der Waals surface area contributed by atoms with Crippen molar-refractivity contribution in [1.29, 1.82) is 5.26 Å². The van der Waals surface area contributed by atoms with E-state index in [1.807, 2.05) is 0 Å². The van der Waals surface area contributed by atoms with Crippen LogP contribution in [0.4, 0.5) is 0 Å². The monoisotopic (exact) mass is 229 g/mol. The predicted molar refractivity (Wildman–Crippen MR) is 45.2 cm³/mol. The minimum Gasteiger partial charge on any atom is -0.750 e. The maximum Gasteiger partial charge on any atom is 1.00 e. The van der Waals surface area contributed by atoms with E-state index in [-0.39, 0.29) is 29.6 Å². The zero-order valence-electron chi connectivity index (χ0n) is 7.54. The van der Waals surface area contributed by atoms with Gasteiger partial charge in [-0.05, 0) is 0 Å². The molecule has 0 aliphatic heterocycles. The summed E-state index contributed by atoms with van der Waals surface area (Å²) in [4.78, 5) is 9.25. The summed E-state index contributed by atoms with van der Waals surface area (Å²) in [6.07, 6.45) is 2.01. The van der Waals surface area contributed by atoms with E-state index in [9.17, 15) is 4.79 Å². The number of carboxylic acids is 1. The van der Waals surface area contributed by atoms with Gasteiger partial charge in [-0.25, -0.2) is 9.00 Å². The Balaban J connectivity index is -0.0000000522.